The monoisotopic (exact) mass is 436 g/mol. The number of amides is 1. The van der Waals surface area contributed by atoms with Crippen LogP contribution in [0.15, 0.2) is 18.3 Å². The van der Waals surface area contributed by atoms with Crippen molar-refractivity contribution in [1.82, 2.24) is 19.9 Å². The highest BCUT2D eigenvalue weighted by molar-refractivity contribution is 5.99. The smallest absolute Gasteiger partial charge is 0.256 e. The van der Waals surface area contributed by atoms with Crippen LogP contribution in [0.5, 0.6) is 0 Å². The average molecular weight is 437 g/mol. The lowest BCUT2D eigenvalue weighted by molar-refractivity contribution is -0.906. The first kappa shape index (κ1) is 22.4. The third-order valence-electron chi connectivity index (χ3n) is 6.61. The maximum Gasteiger partial charge on any atom is 0.256 e. The summed E-state index contributed by atoms with van der Waals surface area (Å²) in [6, 6.07) is 4.46. The number of carbonyl (C=O) groups is 1. The van der Waals surface area contributed by atoms with Gasteiger partial charge in [-0.05, 0) is 56.9 Å². The number of benzene rings is 1. The summed E-state index contributed by atoms with van der Waals surface area (Å²) in [6.07, 6.45) is 2.44. The van der Waals surface area contributed by atoms with Gasteiger partial charge in [0.25, 0.3) is 5.91 Å². The standard InChI is InChI=1S/C25H33N5O2/c1-16-12-17(2)21(18(3)13-16)14-22-19(4)28-24-23(15-27-30(24)20(22)5)25(31)26-6-7-29-8-10-32-11-9-29/h12-13,15H,6-11,14H2,1-5H3,(H,26,31)/p+1. The van der Waals surface area contributed by atoms with Crippen LogP contribution in [-0.2, 0) is 11.2 Å². The molecule has 1 saturated heterocycles. The third-order valence-corrected chi connectivity index (χ3v) is 6.61. The van der Waals surface area contributed by atoms with Gasteiger partial charge < -0.3 is 15.0 Å². The molecule has 1 aliphatic heterocycles. The van der Waals surface area contributed by atoms with E-state index >= 15 is 0 Å². The molecule has 1 aromatic carbocycles. The summed E-state index contributed by atoms with van der Waals surface area (Å²) in [6.45, 7) is 15.7. The molecule has 0 aliphatic carbocycles. The molecule has 0 spiro atoms. The molecule has 1 fully saturated rings. The number of nitrogens with zero attached hydrogens (tertiary/aromatic N) is 3. The van der Waals surface area contributed by atoms with Crippen molar-refractivity contribution in [2.24, 2.45) is 0 Å². The number of morpholine rings is 1. The first-order valence-corrected chi connectivity index (χ1v) is 11.4. The Labute approximate surface area is 189 Å². The van der Waals surface area contributed by atoms with Gasteiger partial charge in [0.05, 0.1) is 32.5 Å². The molecule has 32 heavy (non-hydrogen) atoms. The van der Waals surface area contributed by atoms with Crippen molar-refractivity contribution in [3.8, 4) is 0 Å². The quantitative estimate of drug-likeness (QED) is 0.614. The van der Waals surface area contributed by atoms with Crippen LogP contribution in [0, 0.1) is 34.6 Å². The molecule has 4 rings (SSSR count). The predicted molar refractivity (Wildman–Crippen MR) is 125 cm³/mol. The van der Waals surface area contributed by atoms with Gasteiger partial charge in [0.1, 0.15) is 18.7 Å². The van der Waals surface area contributed by atoms with Crippen LogP contribution in [0.25, 0.3) is 5.65 Å². The topological polar surface area (TPSA) is 73.0 Å². The van der Waals surface area contributed by atoms with Gasteiger partial charge in [-0.3, -0.25) is 4.79 Å². The Morgan fingerprint density at radius 1 is 1.09 bits per heavy atom. The van der Waals surface area contributed by atoms with Gasteiger partial charge in [0.15, 0.2) is 5.65 Å². The Morgan fingerprint density at radius 2 is 1.78 bits per heavy atom. The number of rotatable bonds is 6. The maximum atomic E-state index is 12.8. The summed E-state index contributed by atoms with van der Waals surface area (Å²) in [5, 5.41) is 7.56. The van der Waals surface area contributed by atoms with Gasteiger partial charge in [-0.25, -0.2) is 9.50 Å². The average Bonchev–Trinajstić information content (AvgIpc) is 3.17. The molecule has 2 aromatic heterocycles. The first-order valence-electron chi connectivity index (χ1n) is 11.4. The molecular formula is C25H34N5O2+. The summed E-state index contributed by atoms with van der Waals surface area (Å²) in [4.78, 5) is 19.1. The zero-order valence-electron chi connectivity index (χ0n) is 19.8. The van der Waals surface area contributed by atoms with Crippen molar-refractivity contribution in [1.29, 1.82) is 0 Å². The van der Waals surface area contributed by atoms with Crippen LogP contribution in [0.1, 0.15) is 49.6 Å². The van der Waals surface area contributed by atoms with Gasteiger partial charge in [0, 0.05) is 17.8 Å². The van der Waals surface area contributed by atoms with E-state index < -0.39 is 0 Å². The van der Waals surface area contributed by atoms with Crippen LogP contribution < -0.4 is 10.2 Å². The Kier molecular flexibility index (Phi) is 6.58. The van der Waals surface area contributed by atoms with E-state index in [2.05, 4.69) is 50.2 Å². The minimum Gasteiger partial charge on any atom is -0.370 e. The molecule has 3 aromatic rings. The summed E-state index contributed by atoms with van der Waals surface area (Å²) in [5.41, 5.74) is 9.50. The van der Waals surface area contributed by atoms with Crippen LogP contribution >= 0.6 is 0 Å². The second kappa shape index (κ2) is 9.38. The van der Waals surface area contributed by atoms with E-state index in [4.69, 9.17) is 9.72 Å². The van der Waals surface area contributed by atoms with Gasteiger partial charge in [0.2, 0.25) is 0 Å². The van der Waals surface area contributed by atoms with Crippen molar-refractivity contribution in [2.75, 3.05) is 39.4 Å². The third kappa shape index (κ3) is 4.54. The van der Waals surface area contributed by atoms with Crippen LogP contribution in [0.4, 0.5) is 0 Å². The number of aryl methyl sites for hydroxylation is 5. The first-order chi connectivity index (χ1) is 15.3. The number of hydrogen-bond donors (Lipinski definition) is 2. The van der Waals surface area contributed by atoms with E-state index in [0.717, 1.165) is 50.7 Å². The van der Waals surface area contributed by atoms with Crippen molar-refractivity contribution in [3.63, 3.8) is 0 Å². The van der Waals surface area contributed by atoms with E-state index in [-0.39, 0.29) is 5.91 Å². The van der Waals surface area contributed by atoms with Gasteiger partial charge in [-0.1, -0.05) is 17.7 Å². The lowest BCUT2D eigenvalue weighted by Gasteiger charge is -2.23. The van der Waals surface area contributed by atoms with Crippen molar-refractivity contribution >= 4 is 11.6 Å². The van der Waals surface area contributed by atoms with Crippen LogP contribution in [-0.4, -0.2) is 59.9 Å². The fraction of sp³-hybridized carbons (Fsp3) is 0.480. The molecule has 170 valence electrons. The fourth-order valence-electron chi connectivity index (χ4n) is 4.75. The lowest BCUT2D eigenvalue weighted by atomic mass is 9.93. The number of quaternary nitrogens is 1. The van der Waals surface area contributed by atoms with Crippen molar-refractivity contribution < 1.29 is 14.4 Å². The molecular weight excluding hydrogens is 402 g/mol. The highest BCUT2D eigenvalue weighted by Crippen LogP contribution is 2.24. The van der Waals surface area contributed by atoms with E-state index in [9.17, 15) is 4.79 Å². The van der Waals surface area contributed by atoms with E-state index in [1.807, 2.05) is 11.4 Å². The van der Waals surface area contributed by atoms with Crippen molar-refractivity contribution in [2.45, 2.75) is 41.0 Å². The number of fused-ring (bicyclic) bond motifs is 1. The molecule has 0 unspecified atom stereocenters. The molecule has 1 amide bonds. The lowest BCUT2D eigenvalue weighted by Crippen LogP contribution is -3.14. The molecule has 0 bridgehead atoms. The molecule has 1 aliphatic rings. The Bertz CT molecular complexity index is 1120. The summed E-state index contributed by atoms with van der Waals surface area (Å²) in [5.74, 6) is -0.114. The normalized spacial score (nSPS) is 14.8. The zero-order chi connectivity index (χ0) is 22.8. The van der Waals surface area contributed by atoms with E-state index in [1.165, 1.54) is 32.7 Å². The van der Waals surface area contributed by atoms with Gasteiger partial charge >= 0.3 is 0 Å². The second-order valence-electron chi connectivity index (χ2n) is 8.98. The number of hydrogen-bond acceptors (Lipinski definition) is 4. The summed E-state index contributed by atoms with van der Waals surface area (Å²) in [7, 11) is 0. The molecule has 7 heteroatoms. The summed E-state index contributed by atoms with van der Waals surface area (Å²) >= 11 is 0. The number of aromatic nitrogens is 3. The Balaban J connectivity index is 1.54. The van der Waals surface area contributed by atoms with Crippen LogP contribution in [0.2, 0.25) is 0 Å². The molecule has 2 N–H and O–H groups in total. The highest BCUT2D eigenvalue weighted by atomic mass is 16.5. The minimum atomic E-state index is -0.114. The second-order valence-corrected chi connectivity index (χ2v) is 8.98. The van der Waals surface area contributed by atoms with Crippen LogP contribution in [0.3, 0.4) is 0 Å². The number of ether oxygens (including phenoxy) is 1. The fourth-order valence-corrected chi connectivity index (χ4v) is 4.75. The van der Waals surface area contributed by atoms with Crippen molar-refractivity contribution in [3.05, 3.63) is 63.1 Å². The highest BCUT2D eigenvalue weighted by Gasteiger charge is 2.20. The minimum absolute atomic E-state index is 0.114. The Morgan fingerprint density at radius 3 is 2.47 bits per heavy atom. The molecule has 7 nitrogen and oxygen atoms in total. The van der Waals surface area contributed by atoms with Gasteiger partial charge in [-0.2, -0.15) is 5.10 Å². The molecule has 0 saturated carbocycles. The van der Waals surface area contributed by atoms with E-state index in [0.29, 0.717) is 17.8 Å². The Hall–Kier alpha value is -2.77. The SMILES string of the molecule is Cc1cc(C)c(Cc2c(C)nc3c(C(=O)NCC[NH+]4CCOCC4)cnn3c2C)c(C)c1. The molecule has 0 atom stereocenters. The molecule has 3 heterocycles. The molecule has 0 radical (unpaired) electrons. The van der Waals surface area contributed by atoms with Gasteiger partial charge in [-0.15, -0.1) is 0 Å². The predicted octanol–water partition coefficient (Wildman–Crippen LogP) is 1.51. The largest absolute Gasteiger partial charge is 0.370 e. The number of carbonyl (C=O) groups excluding carboxylic acids is 1. The summed E-state index contributed by atoms with van der Waals surface area (Å²) < 4.78 is 7.20. The zero-order valence-corrected chi connectivity index (χ0v) is 19.8. The number of nitrogens with one attached hydrogen (secondary N) is 2. The van der Waals surface area contributed by atoms with E-state index in [1.54, 1.807) is 6.20 Å². The maximum absolute atomic E-state index is 12.8.